The fourth-order valence-electron chi connectivity index (χ4n) is 1.61. The van der Waals surface area contributed by atoms with Gasteiger partial charge in [-0.05, 0) is 38.5 Å². The van der Waals surface area contributed by atoms with Crippen LogP contribution in [0.5, 0.6) is 5.75 Å². The molecule has 1 aromatic rings. The highest BCUT2D eigenvalue weighted by Crippen LogP contribution is 2.17. The van der Waals surface area contributed by atoms with Crippen LogP contribution in [0.4, 0.5) is 0 Å². The molecule has 20 heavy (non-hydrogen) atoms. The van der Waals surface area contributed by atoms with Crippen LogP contribution in [0.3, 0.4) is 0 Å². The molecule has 1 rings (SSSR count). The van der Waals surface area contributed by atoms with Crippen LogP contribution in [0.25, 0.3) is 0 Å². The van der Waals surface area contributed by atoms with Crippen molar-refractivity contribution in [2.75, 3.05) is 13.2 Å². The zero-order valence-electron chi connectivity index (χ0n) is 12.0. The molecular weight excluding hydrogens is 260 g/mol. The third-order valence-corrected chi connectivity index (χ3v) is 2.54. The Morgan fingerprint density at radius 2 is 1.80 bits per heavy atom. The van der Waals surface area contributed by atoms with E-state index in [1.165, 1.54) is 0 Å². The molecule has 5 heteroatoms. The molecule has 5 nitrogen and oxygen atoms in total. The summed E-state index contributed by atoms with van der Waals surface area (Å²) in [5.41, 5.74) is 0.392. The Morgan fingerprint density at radius 1 is 1.10 bits per heavy atom. The highest BCUT2D eigenvalue weighted by Gasteiger charge is 2.20. The van der Waals surface area contributed by atoms with E-state index in [0.717, 1.165) is 0 Å². The number of benzene rings is 1. The van der Waals surface area contributed by atoms with Crippen molar-refractivity contribution in [2.45, 2.75) is 33.3 Å². The molecule has 0 saturated heterocycles. The first-order valence-electron chi connectivity index (χ1n) is 6.72. The monoisotopic (exact) mass is 280 g/mol. The van der Waals surface area contributed by atoms with E-state index in [1.807, 2.05) is 6.92 Å². The van der Waals surface area contributed by atoms with Crippen LogP contribution in [-0.2, 0) is 14.3 Å². The molecule has 0 saturated carbocycles. The van der Waals surface area contributed by atoms with Gasteiger partial charge in [0.15, 0.2) is 6.10 Å². The first-order valence-corrected chi connectivity index (χ1v) is 6.72. The molecule has 0 aliphatic heterocycles. The largest absolute Gasteiger partial charge is 0.479 e. The van der Waals surface area contributed by atoms with E-state index in [9.17, 15) is 9.59 Å². The zero-order valence-corrected chi connectivity index (χ0v) is 12.0. The van der Waals surface area contributed by atoms with Crippen molar-refractivity contribution in [1.82, 2.24) is 0 Å². The predicted octanol–water partition coefficient (Wildman–Crippen LogP) is 2.58. The Hall–Kier alpha value is -2.04. The number of carbonyl (C=O) groups excluding carboxylic acids is 2. The fraction of sp³-hybridized carbons (Fsp3) is 0.467. The molecule has 0 aliphatic carbocycles. The van der Waals surface area contributed by atoms with E-state index in [4.69, 9.17) is 14.2 Å². The standard InChI is InChI=1S/C15H20O5/c1-4-13(15(17)19-6-3)20-12-9-7-8-11(10-12)14(16)18-5-2/h7-10,13H,4-6H2,1-3H3. The van der Waals surface area contributed by atoms with Crippen molar-refractivity contribution in [2.24, 2.45) is 0 Å². The normalized spacial score (nSPS) is 11.6. The van der Waals surface area contributed by atoms with Gasteiger partial charge < -0.3 is 14.2 Å². The molecule has 0 N–H and O–H groups in total. The number of carbonyl (C=O) groups is 2. The van der Waals surface area contributed by atoms with E-state index >= 15 is 0 Å². The van der Waals surface area contributed by atoms with Crippen LogP contribution in [-0.4, -0.2) is 31.3 Å². The van der Waals surface area contributed by atoms with Crippen molar-refractivity contribution in [3.8, 4) is 5.75 Å². The Balaban J connectivity index is 2.78. The van der Waals surface area contributed by atoms with Gasteiger partial charge in [-0.1, -0.05) is 13.0 Å². The maximum atomic E-state index is 11.7. The smallest absolute Gasteiger partial charge is 0.347 e. The Morgan fingerprint density at radius 3 is 2.40 bits per heavy atom. The van der Waals surface area contributed by atoms with Crippen molar-refractivity contribution >= 4 is 11.9 Å². The van der Waals surface area contributed by atoms with Crippen LogP contribution in [0.2, 0.25) is 0 Å². The Labute approximate surface area is 118 Å². The summed E-state index contributed by atoms with van der Waals surface area (Å²) in [7, 11) is 0. The number of rotatable bonds is 7. The molecule has 0 heterocycles. The molecular formula is C15H20O5. The molecule has 0 amide bonds. The van der Waals surface area contributed by atoms with Gasteiger partial charge in [-0.3, -0.25) is 0 Å². The summed E-state index contributed by atoms with van der Waals surface area (Å²) in [6.07, 6.45) is -0.185. The number of esters is 2. The average Bonchev–Trinajstić information content (AvgIpc) is 2.45. The minimum atomic E-state index is -0.674. The number of hydrogen-bond donors (Lipinski definition) is 0. The molecule has 1 atom stereocenters. The molecule has 0 aliphatic rings. The van der Waals surface area contributed by atoms with E-state index in [-0.39, 0.29) is 0 Å². The summed E-state index contributed by atoms with van der Waals surface area (Å²) in [5.74, 6) is -0.380. The van der Waals surface area contributed by atoms with Gasteiger partial charge in [-0.25, -0.2) is 9.59 Å². The summed E-state index contributed by atoms with van der Waals surface area (Å²) >= 11 is 0. The second-order valence-electron chi connectivity index (χ2n) is 4.02. The molecule has 1 aromatic carbocycles. The van der Waals surface area contributed by atoms with Gasteiger partial charge in [0.2, 0.25) is 0 Å². The Bertz CT molecular complexity index is 455. The SMILES string of the molecule is CCOC(=O)c1cccc(OC(CC)C(=O)OCC)c1. The maximum absolute atomic E-state index is 11.7. The van der Waals surface area contributed by atoms with Crippen molar-refractivity contribution in [1.29, 1.82) is 0 Å². The predicted molar refractivity (Wildman–Crippen MR) is 73.7 cm³/mol. The summed E-state index contributed by atoms with van der Waals surface area (Å²) in [6, 6.07) is 6.56. The van der Waals surface area contributed by atoms with Gasteiger partial charge in [-0.15, -0.1) is 0 Å². The van der Waals surface area contributed by atoms with Crippen LogP contribution in [0.1, 0.15) is 37.6 Å². The maximum Gasteiger partial charge on any atom is 0.347 e. The summed E-state index contributed by atoms with van der Waals surface area (Å²) in [5, 5.41) is 0. The third-order valence-electron chi connectivity index (χ3n) is 2.54. The molecule has 1 unspecified atom stereocenters. The highest BCUT2D eigenvalue weighted by molar-refractivity contribution is 5.89. The molecule has 110 valence electrons. The van der Waals surface area contributed by atoms with E-state index in [0.29, 0.717) is 30.9 Å². The van der Waals surface area contributed by atoms with E-state index in [1.54, 1.807) is 38.1 Å². The Kier molecular flexibility index (Phi) is 6.56. The van der Waals surface area contributed by atoms with Crippen molar-refractivity contribution in [3.05, 3.63) is 29.8 Å². The summed E-state index contributed by atoms with van der Waals surface area (Å²) in [4.78, 5) is 23.3. The average molecular weight is 280 g/mol. The van der Waals surface area contributed by atoms with E-state index in [2.05, 4.69) is 0 Å². The van der Waals surface area contributed by atoms with Gasteiger partial charge in [0, 0.05) is 0 Å². The first kappa shape index (κ1) is 16.0. The van der Waals surface area contributed by atoms with Gasteiger partial charge in [0.1, 0.15) is 5.75 Å². The topological polar surface area (TPSA) is 61.8 Å². The summed E-state index contributed by atoms with van der Waals surface area (Å²) in [6.45, 7) is 5.93. The quantitative estimate of drug-likeness (QED) is 0.718. The van der Waals surface area contributed by atoms with Gasteiger partial charge >= 0.3 is 11.9 Å². The molecule has 0 fully saturated rings. The lowest BCUT2D eigenvalue weighted by Gasteiger charge is -2.16. The molecule has 0 spiro atoms. The summed E-state index contributed by atoms with van der Waals surface area (Å²) < 4.78 is 15.4. The van der Waals surface area contributed by atoms with Crippen molar-refractivity contribution in [3.63, 3.8) is 0 Å². The molecule has 0 bridgehead atoms. The third kappa shape index (κ3) is 4.57. The van der Waals surface area contributed by atoms with Gasteiger partial charge in [0.05, 0.1) is 18.8 Å². The van der Waals surface area contributed by atoms with Gasteiger partial charge in [0.25, 0.3) is 0 Å². The van der Waals surface area contributed by atoms with Crippen LogP contribution >= 0.6 is 0 Å². The zero-order chi connectivity index (χ0) is 15.0. The minimum Gasteiger partial charge on any atom is -0.479 e. The van der Waals surface area contributed by atoms with Crippen molar-refractivity contribution < 1.29 is 23.8 Å². The van der Waals surface area contributed by atoms with Crippen LogP contribution in [0, 0.1) is 0 Å². The van der Waals surface area contributed by atoms with Crippen LogP contribution in [0.15, 0.2) is 24.3 Å². The minimum absolute atomic E-state index is 0.307. The molecule has 0 aromatic heterocycles. The van der Waals surface area contributed by atoms with Gasteiger partial charge in [-0.2, -0.15) is 0 Å². The second-order valence-corrected chi connectivity index (χ2v) is 4.02. The second kappa shape index (κ2) is 8.19. The number of hydrogen-bond acceptors (Lipinski definition) is 5. The van der Waals surface area contributed by atoms with Crippen LogP contribution < -0.4 is 4.74 Å². The number of ether oxygens (including phenoxy) is 3. The van der Waals surface area contributed by atoms with E-state index < -0.39 is 18.0 Å². The lowest BCUT2D eigenvalue weighted by atomic mass is 10.2. The fourth-order valence-corrected chi connectivity index (χ4v) is 1.61. The first-order chi connectivity index (χ1) is 9.62. The highest BCUT2D eigenvalue weighted by atomic mass is 16.6. The lowest BCUT2D eigenvalue weighted by Crippen LogP contribution is -2.28. The molecule has 0 radical (unpaired) electrons. The lowest BCUT2D eigenvalue weighted by molar-refractivity contribution is -0.151.